The molecule has 0 spiro atoms. The molecule has 120 valence electrons. The van der Waals surface area contributed by atoms with Crippen molar-refractivity contribution in [3.63, 3.8) is 0 Å². The second-order valence-corrected chi connectivity index (χ2v) is 5.64. The molecule has 0 aliphatic heterocycles. The van der Waals surface area contributed by atoms with Gasteiger partial charge < -0.3 is 0 Å². The molecule has 2 atom stereocenters. The van der Waals surface area contributed by atoms with E-state index in [1.54, 1.807) is 13.0 Å². The predicted octanol–water partition coefficient (Wildman–Crippen LogP) is 2.62. The van der Waals surface area contributed by atoms with E-state index < -0.39 is 23.5 Å². The van der Waals surface area contributed by atoms with Gasteiger partial charge in [-0.15, -0.1) is 0 Å². The monoisotopic (exact) mass is 318 g/mol. The lowest BCUT2D eigenvalue weighted by Crippen LogP contribution is -2.31. The molecule has 3 rings (SSSR count). The Morgan fingerprint density at radius 2 is 1.91 bits per heavy atom. The number of aromatic nitrogens is 2. The number of nitrogens with zero attached hydrogens (tertiary/aromatic N) is 2. The van der Waals surface area contributed by atoms with Crippen LogP contribution < -0.4 is 10.9 Å². The van der Waals surface area contributed by atoms with Crippen LogP contribution in [0.5, 0.6) is 0 Å². The van der Waals surface area contributed by atoms with E-state index in [1.165, 1.54) is 18.2 Å². The van der Waals surface area contributed by atoms with E-state index in [4.69, 9.17) is 0 Å². The van der Waals surface area contributed by atoms with Crippen LogP contribution in [0, 0.1) is 31.4 Å². The number of hydrogen-bond acceptors (Lipinski definition) is 4. The highest BCUT2D eigenvalue weighted by Gasteiger charge is 2.46. The van der Waals surface area contributed by atoms with Gasteiger partial charge in [0.05, 0.1) is 0 Å². The van der Waals surface area contributed by atoms with Gasteiger partial charge >= 0.3 is 0 Å². The highest BCUT2D eigenvalue weighted by molar-refractivity contribution is 5.83. The maximum atomic E-state index is 13.7. The molecular formula is C16H16F2N4O. The van der Waals surface area contributed by atoms with Gasteiger partial charge in [0.1, 0.15) is 23.3 Å². The molecule has 1 fully saturated rings. The Morgan fingerprint density at radius 1 is 1.22 bits per heavy atom. The van der Waals surface area contributed by atoms with Crippen molar-refractivity contribution < 1.29 is 13.6 Å². The molecule has 0 bridgehead atoms. The highest BCUT2D eigenvalue weighted by Crippen LogP contribution is 2.49. The van der Waals surface area contributed by atoms with Gasteiger partial charge in [-0.1, -0.05) is 6.07 Å². The van der Waals surface area contributed by atoms with E-state index in [-0.39, 0.29) is 11.5 Å². The van der Waals surface area contributed by atoms with Crippen molar-refractivity contribution in [3.8, 4) is 0 Å². The summed E-state index contributed by atoms with van der Waals surface area (Å²) in [5.41, 5.74) is 6.00. The van der Waals surface area contributed by atoms with Crippen molar-refractivity contribution >= 4 is 11.7 Å². The van der Waals surface area contributed by atoms with Crippen LogP contribution in [-0.4, -0.2) is 15.9 Å². The van der Waals surface area contributed by atoms with Crippen LogP contribution in [0.4, 0.5) is 14.6 Å². The molecule has 7 heteroatoms. The number of halogens is 2. The Balaban J connectivity index is 1.62. The minimum Gasteiger partial charge on any atom is -0.282 e. The molecule has 1 heterocycles. The molecular weight excluding hydrogens is 302 g/mol. The molecule has 1 saturated carbocycles. The molecule has 23 heavy (non-hydrogen) atoms. The summed E-state index contributed by atoms with van der Waals surface area (Å²) in [5.74, 6) is -1.35. The minimum absolute atomic E-state index is 0.0126. The Labute approximate surface area is 132 Å². The molecule has 2 aromatic rings. The Kier molecular flexibility index (Phi) is 3.94. The average molecular weight is 318 g/mol. The number of aryl methyl sites for hydroxylation is 2. The van der Waals surface area contributed by atoms with Gasteiger partial charge in [0, 0.05) is 29.2 Å². The van der Waals surface area contributed by atoms with Crippen molar-refractivity contribution in [2.45, 2.75) is 26.2 Å². The first-order chi connectivity index (χ1) is 11.0. The normalized spacial score (nSPS) is 19.3. The third-order valence-corrected chi connectivity index (χ3v) is 3.78. The molecule has 1 aromatic heterocycles. The zero-order valence-electron chi connectivity index (χ0n) is 12.7. The van der Waals surface area contributed by atoms with Crippen LogP contribution in [0.3, 0.4) is 0 Å². The smallest absolute Gasteiger partial charge is 0.242 e. The summed E-state index contributed by atoms with van der Waals surface area (Å²) in [6.07, 6.45) is 0.424. The van der Waals surface area contributed by atoms with Crippen LogP contribution in [0.25, 0.3) is 0 Å². The Hall–Kier alpha value is -2.57. The van der Waals surface area contributed by atoms with Gasteiger partial charge in [-0.2, -0.15) is 0 Å². The summed E-state index contributed by atoms with van der Waals surface area (Å²) in [4.78, 5) is 20.4. The first-order valence-electron chi connectivity index (χ1n) is 7.28. The third kappa shape index (κ3) is 3.28. The van der Waals surface area contributed by atoms with Crippen LogP contribution in [0.1, 0.15) is 29.4 Å². The van der Waals surface area contributed by atoms with Gasteiger partial charge in [0.15, 0.2) is 0 Å². The molecule has 2 N–H and O–H groups in total. The van der Waals surface area contributed by atoms with Crippen molar-refractivity contribution in [2.75, 3.05) is 5.43 Å². The van der Waals surface area contributed by atoms with Crippen molar-refractivity contribution in [2.24, 2.45) is 5.92 Å². The number of carbonyl (C=O) groups is 1. The van der Waals surface area contributed by atoms with E-state index in [2.05, 4.69) is 20.8 Å². The molecule has 1 amide bonds. The number of hydrazine groups is 1. The largest absolute Gasteiger partial charge is 0.282 e. The van der Waals surface area contributed by atoms with E-state index >= 15 is 0 Å². The van der Waals surface area contributed by atoms with Crippen LogP contribution >= 0.6 is 0 Å². The quantitative estimate of drug-likeness (QED) is 0.851. The number of benzene rings is 1. The second-order valence-electron chi connectivity index (χ2n) is 5.64. The molecule has 0 saturated heterocycles. The minimum atomic E-state index is -0.611. The third-order valence-electron chi connectivity index (χ3n) is 3.78. The molecule has 1 aliphatic carbocycles. The highest BCUT2D eigenvalue weighted by atomic mass is 19.1. The topological polar surface area (TPSA) is 66.9 Å². The van der Waals surface area contributed by atoms with Gasteiger partial charge in [-0.3, -0.25) is 15.6 Å². The second kappa shape index (κ2) is 5.91. The fraction of sp³-hybridized carbons (Fsp3) is 0.312. The zero-order valence-corrected chi connectivity index (χ0v) is 12.7. The number of rotatable bonds is 4. The number of anilines is 1. The van der Waals surface area contributed by atoms with Crippen LogP contribution in [0.2, 0.25) is 0 Å². The summed E-state index contributed by atoms with van der Waals surface area (Å²) in [5, 5.41) is 0. The van der Waals surface area contributed by atoms with Gasteiger partial charge in [-0.25, -0.2) is 18.7 Å². The lowest BCUT2D eigenvalue weighted by Gasteiger charge is -2.09. The van der Waals surface area contributed by atoms with Gasteiger partial charge in [-0.05, 0) is 32.4 Å². The number of amides is 1. The van der Waals surface area contributed by atoms with E-state index in [0.717, 1.165) is 5.69 Å². The molecule has 0 unspecified atom stereocenters. The average Bonchev–Trinajstić information content (AvgIpc) is 3.24. The van der Waals surface area contributed by atoms with E-state index in [1.807, 2.05) is 6.92 Å². The fourth-order valence-corrected chi connectivity index (χ4v) is 2.67. The first kappa shape index (κ1) is 15.3. The standard InChI is InChI=1S/C16H16F2N4O/c1-8-6-14(20-9(2)19-8)21-22-16(23)11-7-10(11)15-12(17)4-3-5-13(15)18/h3-6,10-11H,7H2,1-2H3,(H,22,23)(H,19,20,21)/t10-,11-/m1/s1. The summed E-state index contributed by atoms with van der Waals surface area (Å²) in [6.45, 7) is 3.57. The maximum Gasteiger partial charge on any atom is 0.242 e. The first-order valence-corrected chi connectivity index (χ1v) is 7.28. The van der Waals surface area contributed by atoms with Crippen molar-refractivity contribution in [1.82, 2.24) is 15.4 Å². The van der Waals surface area contributed by atoms with Gasteiger partial charge in [0.25, 0.3) is 0 Å². The van der Waals surface area contributed by atoms with E-state index in [9.17, 15) is 13.6 Å². The SMILES string of the molecule is Cc1cc(NNC(=O)[C@@H]2C[C@H]2c2c(F)cccc2F)nc(C)n1. The van der Waals surface area contributed by atoms with Crippen molar-refractivity contribution in [3.05, 3.63) is 53.0 Å². The predicted molar refractivity (Wildman–Crippen MR) is 80.5 cm³/mol. The van der Waals surface area contributed by atoms with Crippen LogP contribution in [0.15, 0.2) is 24.3 Å². The fourth-order valence-electron chi connectivity index (χ4n) is 2.67. The lowest BCUT2D eigenvalue weighted by molar-refractivity contribution is -0.121. The molecule has 5 nitrogen and oxygen atoms in total. The molecule has 1 aliphatic rings. The Morgan fingerprint density at radius 3 is 2.57 bits per heavy atom. The summed E-state index contributed by atoms with van der Waals surface area (Å²) >= 11 is 0. The number of hydrogen-bond donors (Lipinski definition) is 2. The summed E-state index contributed by atoms with van der Waals surface area (Å²) in [6, 6.07) is 5.41. The zero-order chi connectivity index (χ0) is 16.6. The molecule has 1 aromatic carbocycles. The summed E-state index contributed by atoms with van der Waals surface area (Å²) in [7, 11) is 0. The Bertz CT molecular complexity index is 725. The van der Waals surface area contributed by atoms with Crippen molar-refractivity contribution in [1.29, 1.82) is 0 Å². The van der Waals surface area contributed by atoms with Crippen LogP contribution in [-0.2, 0) is 4.79 Å². The number of nitrogens with one attached hydrogen (secondary N) is 2. The van der Waals surface area contributed by atoms with Gasteiger partial charge in [0.2, 0.25) is 5.91 Å². The maximum absolute atomic E-state index is 13.7. The number of carbonyl (C=O) groups excluding carboxylic acids is 1. The molecule has 0 radical (unpaired) electrons. The van der Waals surface area contributed by atoms with E-state index in [0.29, 0.717) is 18.1 Å². The summed E-state index contributed by atoms with van der Waals surface area (Å²) < 4.78 is 27.4. The lowest BCUT2D eigenvalue weighted by atomic mass is 10.1.